The molecular formula is C6H8O6S. The van der Waals surface area contributed by atoms with Gasteiger partial charge in [0, 0.05) is 0 Å². The van der Waals surface area contributed by atoms with Crippen LogP contribution in [0.25, 0.3) is 0 Å². The lowest BCUT2D eigenvalue weighted by atomic mass is 10.4. The maximum Gasteiger partial charge on any atom is 0.337 e. The Morgan fingerprint density at radius 2 is 2.15 bits per heavy atom. The molecule has 0 bridgehead atoms. The second kappa shape index (κ2) is 4.81. The molecule has 1 atom stereocenters. The largest absolute Gasteiger partial charge is 0.381 e. The molecule has 0 spiro atoms. The van der Waals surface area contributed by atoms with Gasteiger partial charge in [-0.2, -0.15) is 8.42 Å². The first-order chi connectivity index (χ1) is 5.81. The van der Waals surface area contributed by atoms with E-state index in [0.717, 1.165) is 0 Å². The fraction of sp³-hybridized carbons (Fsp3) is 0.500. The average molecular weight is 208 g/mol. The van der Waals surface area contributed by atoms with Gasteiger partial charge >= 0.3 is 5.97 Å². The molecule has 74 valence electrons. The number of hydrogen-bond donors (Lipinski definition) is 2. The van der Waals surface area contributed by atoms with E-state index in [-0.39, 0.29) is 0 Å². The Bertz CT molecular complexity index is 330. The summed E-state index contributed by atoms with van der Waals surface area (Å²) in [5.74, 6) is -0.302. The van der Waals surface area contributed by atoms with Gasteiger partial charge in [0.15, 0.2) is 5.75 Å². The highest BCUT2D eigenvalue weighted by molar-refractivity contribution is 7.86. The van der Waals surface area contributed by atoms with E-state index < -0.39 is 27.9 Å². The summed E-state index contributed by atoms with van der Waals surface area (Å²) in [7, 11) is -4.38. The highest BCUT2D eigenvalue weighted by Gasteiger charge is 2.13. The van der Waals surface area contributed by atoms with Gasteiger partial charge in [0.05, 0.1) is 0 Å². The van der Waals surface area contributed by atoms with Gasteiger partial charge in [-0.25, -0.2) is 4.79 Å². The second-order valence-corrected chi connectivity index (χ2v) is 3.58. The molecule has 0 heterocycles. The Kier molecular flexibility index (Phi) is 4.40. The number of aliphatic hydroxyl groups is 1. The molecule has 0 fully saturated rings. The zero-order valence-electron chi connectivity index (χ0n) is 6.72. The molecule has 0 aromatic carbocycles. The molecule has 0 aliphatic rings. The van der Waals surface area contributed by atoms with Crippen molar-refractivity contribution in [2.45, 2.75) is 13.0 Å². The lowest BCUT2D eigenvalue weighted by Crippen LogP contribution is -2.15. The molecule has 1 unspecified atom stereocenters. The van der Waals surface area contributed by atoms with Crippen molar-refractivity contribution in [1.82, 2.24) is 0 Å². The van der Waals surface area contributed by atoms with Crippen LogP contribution in [0.4, 0.5) is 0 Å². The van der Waals surface area contributed by atoms with Crippen LogP contribution in [0, 0.1) is 12.0 Å². The van der Waals surface area contributed by atoms with E-state index in [1.807, 2.05) is 5.92 Å². The van der Waals surface area contributed by atoms with E-state index >= 15 is 0 Å². The molecule has 0 aromatic rings. The SMILES string of the molecule is CC(O)C#COC(=O)CS(=O)(=O)O. The number of ether oxygens (including phenoxy) is 1. The van der Waals surface area contributed by atoms with Crippen LogP contribution in [-0.4, -0.2) is 35.9 Å². The Morgan fingerprint density at radius 1 is 1.62 bits per heavy atom. The molecule has 0 rings (SSSR count). The van der Waals surface area contributed by atoms with Gasteiger partial charge in [0.2, 0.25) is 0 Å². The predicted octanol–water partition coefficient (Wildman–Crippen LogP) is -1.24. The maximum atomic E-state index is 10.5. The predicted molar refractivity (Wildman–Crippen MR) is 42.0 cm³/mol. The van der Waals surface area contributed by atoms with Crippen LogP contribution in [0.2, 0.25) is 0 Å². The van der Waals surface area contributed by atoms with Crippen LogP contribution in [0.15, 0.2) is 0 Å². The summed E-state index contributed by atoms with van der Waals surface area (Å²) in [5.41, 5.74) is 0. The molecule has 0 saturated heterocycles. The molecule has 6 nitrogen and oxygen atoms in total. The lowest BCUT2D eigenvalue weighted by molar-refractivity contribution is -0.133. The zero-order chi connectivity index (χ0) is 10.5. The first kappa shape index (κ1) is 11.9. The van der Waals surface area contributed by atoms with Gasteiger partial charge < -0.3 is 9.84 Å². The summed E-state index contributed by atoms with van der Waals surface area (Å²) in [6.45, 7) is 1.34. The molecule has 0 aliphatic carbocycles. The minimum absolute atomic E-state index is 0.974. The fourth-order valence-electron chi connectivity index (χ4n) is 0.350. The minimum Gasteiger partial charge on any atom is -0.381 e. The van der Waals surface area contributed by atoms with Crippen LogP contribution in [-0.2, 0) is 19.6 Å². The average Bonchev–Trinajstić information content (AvgIpc) is 1.81. The molecule has 0 aliphatic heterocycles. The van der Waals surface area contributed by atoms with Gasteiger partial charge in [-0.05, 0) is 12.8 Å². The summed E-state index contributed by atoms with van der Waals surface area (Å²) < 4.78 is 32.4. The topological polar surface area (TPSA) is 101 Å². The van der Waals surface area contributed by atoms with Crippen molar-refractivity contribution in [3.63, 3.8) is 0 Å². The quantitative estimate of drug-likeness (QED) is 0.334. The van der Waals surface area contributed by atoms with E-state index in [4.69, 9.17) is 9.66 Å². The number of carbonyl (C=O) groups excluding carboxylic acids is 1. The van der Waals surface area contributed by atoms with Gasteiger partial charge in [-0.1, -0.05) is 0 Å². The van der Waals surface area contributed by atoms with Crippen LogP contribution in [0.5, 0.6) is 0 Å². The van der Waals surface area contributed by atoms with Gasteiger partial charge in [-0.15, -0.1) is 0 Å². The number of esters is 1. The monoisotopic (exact) mass is 208 g/mol. The van der Waals surface area contributed by atoms with Crippen molar-refractivity contribution >= 4 is 16.1 Å². The molecule has 2 N–H and O–H groups in total. The van der Waals surface area contributed by atoms with Gasteiger partial charge in [0.25, 0.3) is 10.1 Å². The van der Waals surface area contributed by atoms with Crippen LogP contribution in [0.3, 0.4) is 0 Å². The Labute approximate surface area is 75.3 Å². The summed E-state index contributed by atoms with van der Waals surface area (Å²) in [6, 6.07) is 0. The van der Waals surface area contributed by atoms with Crippen molar-refractivity contribution in [3.8, 4) is 12.0 Å². The Balaban J connectivity index is 4.00. The third-order valence-corrected chi connectivity index (χ3v) is 1.33. The van der Waals surface area contributed by atoms with Gasteiger partial charge in [-0.3, -0.25) is 4.55 Å². The number of aliphatic hydroxyl groups excluding tert-OH is 1. The van der Waals surface area contributed by atoms with Crippen LogP contribution >= 0.6 is 0 Å². The summed E-state index contributed by atoms with van der Waals surface area (Å²) in [6.07, 6.45) is 0.809. The highest BCUT2D eigenvalue weighted by atomic mass is 32.2. The minimum atomic E-state index is -4.38. The lowest BCUT2D eigenvalue weighted by Gasteiger charge is -1.93. The van der Waals surface area contributed by atoms with Crippen LogP contribution in [0.1, 0.15) is 6.92 Å². The van der Waals surface area contributed by atoms with Crippen molar-refractivity contribution in [2.75, 3.05) is 5.75 Å². The first-order valence-electron chi connectivity index (χ1n) is 3.14. The van der Waals surface area contributed by atoms with E-state index in [1.165, 1.54) is 6.92 Å². The van der Waals surface area contributed by atoms with E-state index in [1.54, 1.807) is 6.11 Å². The normalized spacial score (nSPS) is 12.5. The standard InChI is InChI=1S/C6H8O6S/c1-5(7)2-3-12-6(8)4-13(9,10)11/h5,7H,4H2,1H3,(H,9,10,11). The van der Waals surface area contributed by atoms with Crippen molar-refractivity contribution < 1.29 is 27.6 Å². The fourth-order valence-corrected chi connectivity index (χ4v) is 0.707. The Hall–Kier alpha value is -1.10. The summed E-state index contributed by atoms with van der Waals surface area (Å²) >= 11 is 0. The molecule has 7 heteroatoms. The first-order valence-corrected chi connectivity index (χ1v) is 4.75. The van der Waals surface area contributed by atoms with Crippen LogP contribution < -0.4 is 0 Å². The van der Waals surface area contributed by atoms with E-state index in [9.17, 15) is 13.2 Å². The number of rotatable bonds is 2. The zero-order valence-corrected chi connectivity index (χ0v) is 7.54. The highest BCUT2D eigenvalue weighted by Crippen LogP contribution is 1.85. The van der Waals surface area contributed by atoms with E-state index in [2.05, 4.69) is 4.74 Å². The molecule has 0 saturated carbocycles. The third-order valence-electron chi connectivity index (χ3n) is 0.733. The number of carbonyl (C=O) groups is 1. The molecule has 0 aromatic heterocycles. The van der Waals surface area contributed by atoms with Gasteiger partial charge in [0.1, 0.15) is 12.2 Å². The number of hydrogen-bond acceptors (Lipinski definition) is 5. The molecule has 13 heavy (non-hydrogen) atoms. The Morgan fingerprint density at radius 3 is 2.54 bits per heavy atom. The molecule has 0 amide bonds. The molecular weight excluding hydrogens is 200 g/mol. The van der Waals surface area contributed by atoms with Crippen molar-refractivity contribution in [2.24, 2.45) is 0 Å². The van der Waals surface area contributed by atoms with Crippen molar-refractivity contribution in [1.29, 1.82) is 0 Å². The van der Waals surface area contributed by atoms with E-state index in [0.29, 0.717) is 0 Å². The second-order valence-electron chi connectivity index (χ2n) is 2.12. The summed E-state index contributed by atoms with van der Waals surface area (Å²) in [4.78, 5) is 10.5. The van der Waals surface area contributed by atoms with Crippen molar-refractivity contribution in [3.05, 3.63) is 0 Å². The summed E-state index contributed by atoms with van der Waals surface area (Å²) in [5, 5.41) is 8.57. The smallest absolute Gasteiger partial charge is 0.337 e. The third kappa shape index (κ3) is 8.81. The molecule has 0 radical (unpaired) electrons. The maximum absolute atomic E-state index is 10.5.